The van der Waals surface area contributed by atoms with E-state index in [1.165, 1.54) is 70.0 Å². The molecule has 2 fully saturated rings. The number of hydrogen-bond donors (Lipinski definition) is 8. The minimum absolute atomic E-state index is 0. The lowest BCUT2D eigenvalue weighted by Gasteiger charge is -2.36. The number of rotatable bonds is 13. The van der Waals surface area contributed by atoms with Crippen molar-refractivity contribution >= 4 is 122 Å². The van der Waals surface area contributed by atoms with Gasteiger partial charge in [-0.25, -0.2) is 34.9 Å². The van der Waals surface area contributed by atoms with Crippen molar-refractivity contribution < 1.29 is 39.0 Å². The Kier molecular flexibility index (Phi) is 20.1. The van der Waals surface area contributed by atoms with Crippen LogP contribution in [0, 0.1) is 5.92 Å². The molecule has 1 saturated heterocycles. The molecule has 450 valence electrons. The molecular weight excluding hydrogens is 1230 g/mol. The van der Waals surface area contributed by atoms with Gasteiger partial charge in [-0.15, -0.1) is 80.4 Å². The van der Waals surface area contributed by atoms with Gasteiger partial charge in [0.25, 0.3) is 23.6 Å². The van der Waals surface area contributed by atoms with E-state index in [0.717, 1.165) is 61.8 Å². The molecule has 5 atom stereocenters. The molecule has 23 nitrogen and oxygen atoms in total. The fraction of sp³-hybridized carbons (Fsp3) is 0.436. The van der Waals surface area contributed by atoms with Crippen LogP contribution in [0.5, 0.6) is 0 Å². The fourth-order valence-electron chi connectivity index (χ4n) is 9.41. The third-order valence-electron chi connectivity index (χ3n) is 14.5. The average molecular weight is 1290 g/mol. The molecule has 6 amide bonds. The number of carbonyl (C=O) groups is 6. The Bertz CT molecular complexity index is 3610. The lowest BCUT2D eigenvalue weighted by Crippen LogP contribution is -2.52. The van der Waals surface area contributed by atoms with Gasteiger partial charge in [-0.1, -0.05) is 19.9 Å². The van der Waals surface area contributed by atoms with Crippen LogP contribution in [0.1, 0.15) is 137 Å². The summed E-state index contributed by atoms with van der Waals surface area (Å²) in [6, 6.07) is 0.989. The van der Waals surface area contributed by atoms with Crippen LogP contribution < -0.4 is 31.9 Å². The summed E-state index contributed by atoms with van der Waals surface area (Å²) < 4.78 is 0. The van der Waals surface area contributed by atoms with Crippen molar-refractivity contribution in [3.63, 3.8) is 0 Å². The molecule has 7 aromatic rings. The van der Waals surface area contributed by atoms with Gasteiger partial charge in [0.05, 0.1) is 29.6 Å². The Morgan fingerprint density at radius 2 is 1.19 bits per heavy atom. The third-order valence-corrected chi connectivity index (χ3v) is 19.8. The number of thiazole rings is 6. The minimum atomic E-state index is -1.44. The number of fused-ring (bicyclic) bond motifs is 11. The molecule has 85 heavy (non-hydrogen) atoms. The third kappa shape index (κ3) is 14.4. The second-order valence-electron chi connectivity index (χ2n) is 21.3. The molecule has 1 saturated carbocycles. The van der Waals surface area contributed by atoms with Gasteiger partial charge in [0, 0.05) is 76.6 Å². The number of aromatic nitrogens is 7. The predicted molar refractivity (Wildman–Crippen MR) is 332 cm³/mol. The van der Waals surface area contributed by atoms with Crippen molar-refractivity contribution in [2.75, 3.05) is 39.3 Å². The molecule has 0 aromatic carbocycles. The van der Waals surface area contributed by atoms with Crippen LogP contribution in [0.2, 0.25) is 0 Å². The van der Waals surface area contributed by atoms with Gasteiger partial charge in [-0.05, 0) is 78.5 Å². The predicted octanol–water partition coefficient (Wildman–Crippen LogP) is 6.65. The standard InChI is InChI=1S/C55H63N15O8S6.ClH/c1-8-31-49-61-35(22-80-49)43(73)65-39(26(2)3)52-63-36(23-84-52)45(75)67-41(29(7)72)53-59-33(20-83-53)42-30(48-60-34(21-79-48)44(74)66-40(28(6)71)47(77)58-31)10-11-32(57-42)50-64-38(25-82-50)51-62-37(24-81-51)46(76)68-55(12-13-55)54(78)56-14-9-15-69-16-18-70(19-17-69)27(4)5;/h8,10-11,20-29,39-41,71-72H,9,12-19H2,1-7H3,(H,56,78)(H,58,77)(H,65,73)(H,66,74)(H,67,75)(H,68,76);1H/b31-8-;/t28-,29-,39+,40+,41+;/m1./s1. The zero-order chi connectivity index (χ0) is 59.6. The highest BCUT2D eigenvalue weighted by Crippen LogP contribution is 2.39. The summed E-state index contributed by atoms with van der Waals surface area (Å²) in [4.78, 5) is 121. The van der Waals surface area contributed by atoms with Crippen LogP contribution in [0.4, 0.5) is 0 Å². The normalized spacial score (nSPS) is 19.9. The number of amides is 6. The Morgan fingerprint density at radius 3 is 1.84 bits per heavy atom. The van der Waals surface area contributed by atoms with Gasteiger partial charge >= 0.3 is 0 Å². The lowest BCUT2D eigenvalue weighted by molar-refractivity contribution is -0.124. The van der Waals surface area contributed by atoms with Crippen molar-refractivity contribution in [1.29, 1.82) is 0 Å². The van der Waals surface area contributed by atoms with E-state index >= 15 is 0 Å². The van der Waals surface area contributed by atoms with Crippen LogP contribution in [-0.4, -0.2) is 159 Å². The van der Waals surface area contributed by atoms with E-state index < -0.39 is 65.4 Å². The van der Waals surface area contributed by atoms with Gasteiger partial charge in [-0.2, -0.15) is 0 Å². The number of allylic oxidation sites excluding steroid dienone is 1. The molecule has 10 rings (SSSR count). The monoisotopic (exact) mass is 1290 g/mol. The van der Waals surface area contributed by atoms with Gasteiger partial charge in [0.2, 0.25) is 11.8 Å². The zero-order valence-corrected chi connectivity index (χ0v) is 53.0. The Morgan fingerprint density at radius 1 is 0.647 bits per heavy atom. The first-order chi connectivity index (χ1) is 40.3. The first-order valence-electron chi connectivity index (χ1n) is 27.4. The van der Waals surface area contributed by atoms with Crippen LogP contribution in [0.3, 0.4) is 0 Å². The first kappa shape index (κ1) is 63.1. The maximum Gasteiger partial charge on any atom is 0.271 e. The summed E-state index contributed by atoms with van der Waals surface area (Å²) in [6.45, 7) is 18.3. The molecule has 0 unspecified atom stereocenters. The molecule has 8 N–H and O–H groups in total. The quantitative estimate of drug-likeness (QED) is 0.0560. The van der Waals surface area contributed by atoms with Crippen molar-refractivity contribution in [2.45, 2.75) is 110 Å². The van der Waals surface area contributed by atoms with Crippen molar-refractivity contribution in [1.82, 2.24) is 76.6 Å². The number of carbonyl (C=O) groups excluding carboxylic acids is 6. The average Bonchev–Trinajstić information content (AvgIpc) is 3.24. The van der Waals surface area contributed by atoms with E-state index in [1.54, 1.807) is 41.3 Å². The Hall–Kier alpha value is -6.38. The molecule has 3 aliphatic rings. The van der Waals surface area contributed by atoms with Crippen molar-refractivity contribution in [3.8, 4) is 43.4 Å². The van der Waals surface area contributed by atoms with E-state index in [2.05, 4.69) is 75.5 Å². The Balaban J connectivity index is 0.00000865. The smallest absolute Gasteiger partial charge is 0.271 e. The number of halogens is 1. The zero-order valence-electron chi connectivity index (χ0n) is 47.3. The number of hydrogen-bond acceptors (Lipinski definition) is 23. The van der Waals surface area contributed by atoms with Crippen LogP contribution in [0.25, 0.3) is 49.1 Å². The number of piperazine rings is 1. The molecule has 0 spiro atoms. The van der Waals surface area contributed by atoms with Crippen LogP contribution >= 0.6 is 80.4 Å². The van der Waals surface area contributed by atoms with Crippen LogP contribution in [0.15, 0.2) is 50.5 Å². The van der Waals surface area contributed by atoms with Crippen LogP contribution in [-0.2, 0) is 9.59 Å². The number of aliphatic hydroxyl groups excluding tert-OH is 2. The molecule has 1 aliphatic carbocycles. The lowest BCUT2D eigenvalue weighted by atomic mass is 10.1. The van der Waals surface area contributed by atoms with E-state index in [9.17, 15) is 39.0 Å². The van der Waals surface area contributed by atoms with E-state index in [-0.39, 0.29) is 52.7 Å². The van der Waals surface area contributed by atoms with Crippen molar-refractivity contribution in [3.05, 3.63) is 88.3 Å². The second-order valence-corrected chi connectivity index (χ2v) is 26.5. The van der Waals surface area contributed by atoms with Crippen molar-refractivity contribution in [2.24, 2.45) is 5.92 Å². The first-order valence-corrected chi connectivity index (χ1v) is 32.6. The molecule has 9 heterocycles. The summed E-state index contributed by atoms with van der Waals surface area (Å²) in [5.41, 5.74) is 1.61. The summed E-state index contributed by atoms with van der Waals surface area (Å²) >= 11 is 7.15. The maximum atomic E-state index is 14.0. The van der Waals surface area contributed by atoms with Gasteiger partial charge in [0.15, 0.2) is 0 Å². The van der Waals surface area contributed by atoms with E-state index in [1.807, 2.05) is 19.2 Å². The largest absolute Gasteiger partial charge is 0.391 e. The second kappa shape index (κ2) is 27.1. The van der Waals surface area contributed by atoms with E-state index in [4.69, 9.17) is 15.0 Å². The molecule has 2 aliphatic heterocycles. The maximum absolute atomic E-state index is 14.0. The Labute approximate surface area is 520 Å². The number of nitrogens with zero attached hydrogens (tertiary/aromatic N) is 9. The number of pyridine rings is 1. The highest BCUT2D eigenvalue weighted by Gasteiger charge is 2.51. The van der Waals surface area contributed by atoms with Gasteiger partial charge < -0.3 is 47.0 Å². The molecule has 0 radical (unpaired) electrons. The van der Waals surface area contributed by atoms with Gasteiger partial charge in [0.1, 0.15) is 87.5 Å². The fourth-order valence-corrected chi connectivity index (χ4v) is 14.6. The molecule has 8 bridgehead atoms. The summed E-state index contributed by atoms with van der Waals surface area (Å²) in [5, 5.41) is 51.5. The van der Waals surface area contributed by atoms with E-state index in [0.29, 0.717) is 83.8 Å². The van der Waals surface area contributed by atoms with Gasteiger partial charge in [-0.3, -0.25) is 33.7 Å². The number of aliphatic hydroxyl groups is 2. The molecular formula is C55H64ClN15O8S6. The molecule has 30 heteroatoms. The summed E-state index contributed by atoms with van der Waals surface area (Å²) in [7, 11) is 0. The number of nitrogens with one attached hydrogen (secondary N) is 6. The minimum Gasteiger partial charge on any atom is -0.391 e. The topological polar surface area (TPSA) is 312 Å². The molecule has 7 aromatic heterocycles. The summed E-state index contributed by atoms with van der Waals surface area (Å²) in [6.07, 6.45) is 1.00. The summed E-state index contributed by atoms with van der Waals surface area (Å²) in [5.74, 6) is -3.40. The SMILES string of the molecule is C/C=C1\NC(=O)[C@H]([C@@H](C)O)NC(=O)c2csc(n2)-c2ccc(-c3nc(-c4nc(C(=O)NC5(C(=O)NCCCN6CCN(C(C)C)CC6)CC5)cs4)cs3)nc2-c2csc(n2)[C@H]([C@@H](C)O)NC(=O)c2csc(n2)[C@H](C(C)C)NC(=O)c2csc1n2.Cl. The highest BCUT2D eigenvalue weighted by molar-refractivity contribution is 7.15. The highest BCUT2D eigenvalue weighted by atomic mass is 35.5.